The van der Waals surface area contributed by atoms with Gasteiger partial charge in [0.15, 0.2) is 5.82 Å². The molecule has 2 nitrogen and oxygen atoms in total. The van der Waals surface area contributed by atoms with Gasteiger partial charge in [-0.15, -0.1) is 0 Å². The molecule has 0 fully saturated rings. The lowest BCUT2D eigenvalue weighted by Crippen LogP contribution is -2.07. The molecule has 204 valence electrons. The Kier molecular flexibility index (Phi) is 7.40. The molecule has 0 atom stereocenters. The largest absolute Gasteiger partial charge is 0.228 e. The molecular weight excluding hydrogens is 472 g/mol. The molecule has 0 N–H and O–H groups in total. The zero-order chi connectivity index (χ0) is 29.2. The van der Waals surface area contributed by atoms with Crippen LogP contribution in [0.25, 0.3) is 33.9 Å². The van der Waals surface area contributed by atoms with Crippen LogP contribution in [0.4, 0.5) is 0 Å². The molecule has 0 amide bonds. The summed E-state index contributed by atoms with van der Waals surface area (Å²) in [6.07, 6.45) is 0. The Bertz CT molecular complexity index is 1380. The minimum absolute atomic E-state index is 0.827. The van der Waals surface area contributed by atoms with Crippen molar-refractivity contribution in [3.63, 3.8) is 0 Å². The highest BCUT2D eigenvalue weighted by Crippen LogP contribution is 2.40. The van der Waals surface area contributed by atoms with Gasteiger partial charge in [-0.25, -0.2) is 9.97 Å². The summed E-state index contributed by atoms with van der Waals surface area (Å²) in [7, 11) is 0. The van der Waals surface area contributed by atoms with E-state index >= 15 is 0 Å². The summed E-state index contributed by atoms with van der Waals surface area (Å²) < 4.78 is 0. The Hall–Kier alpha value is -3.26. The van der Waals surface area contributed by atoms with Crippen LogP contribution in [-0.4, -0.2) is 9.97 Å². The van der Waals surface area contributed by atoms with E-state index in [1.807, 2.05) is 0 Å². The second kappa shape index (κ2) is 10.0. The predicted octanol–water partition coefficient (Wildman–Crippen LogP) is 10.1. The number of rotatable bonds is 3. The molecule has 0 aliphatic heterocycles. The molecule has 0 spiro atoms. The quantitative estimate of drug-likeness (QED) is 0.270. The Labute approximate surface area is 237 Å². The van der Waals surface area contributed by atoms with Crippen LogP contribution in [0.3, 0.4) is 0 Å². The van der Waals surface area contributed by atoms with Gasteiger partial charge in [-0.05, 0) is 193 Å². The van der Waals surface area contributed by atoms with Crippen molar-refractivity contribution >= 4 is 0 Å². The van der Waals surface area contributed by atoms with E-state index in [0.717, 1.165) is 17.2 Å². The molecule has 0 aliphatic carbocycles. The first-order chi connectivity index (χ1) is 18.1. The molecule has 0 radical (unpaired) electrons. The van der Waals surface area contributed by atoms with Gasteiger partial charge in [-0.3, -0.25) is 0 Å². The number of hydrogen-bond donors (Lipinski definition) is 0. The first-order valence-electron chi connectivity index (χ1n) is 14.2. The minimum atomic E-state index is 0.827. The Balaban J connectivity index is 2.22. The second-order valence-corrected chi connectivity index (χ2v) is 12.0. The molecule has 0 aliphatic rings. The van der Waals surface area contributed by atoms with Gasteiger partial charge in [-0.2, -0.15) is 0 Å². The van der Waals surface area contributed by atoms with Crippen LogP contribution in [0.5, 0.6) is 0 Å². The van der Waals surface area contributed by atoms with Crippen LogP contribution >= 0.6 is 0 Å². The van der Waals surface area contributed by atoms with Crippen molar-refractivity contribution in [1.29, 1.82) is 0 Å². The summed E-state index contributed by atoms with van der Waals surface area (Å²) in [5, 5.41) is 0. The number of benzene rings is 3. The summed E-state index contributed by atoms with van der Waals surface area (Å²) >= 11 is 0. The van der Waals surface area contributed by atoms with Gasteiger partial charge in [0.2, 0.25) is 0 Å². The summed E-state index contributed by atoms with van der Waals surface area (Å²) in [4.78, 5) is 10.8. The van der Waals surface area contributed by atoms with E-state index in [0.29, 0.717) is 0 Å². The highest BCUT2D eigenvalue weighted by Gasteiger charge is 2.23. The molecule has 2 heteroatoms. The van der Waals surface area contributed by atoms with Crippen LogP contribution in [0.2, 0.25) is 0 Å². The van der Waals surface area contributed by atoms with Gasteiger partial charge in [0.25, 0.3) is 0 Å². The van der Waals surface area contributed by atoms with Crippen LogP contribution < -0.4 is 0 Å². The maximum atomic E-state index is 5.38. The molecule has 39 heavy (non-hydrogen) atoms. The SMILES string of the molecule is Cc1c(C)c(C)c(-c2cc(-c3c(C)c(C)c(C)c(C)c3C)nc(-c3c(C)c(C)c(C)c(C)c3C)n2)c(C)c1C. The lowest BCUT2D eigenvalue weighted by molar-refractivity contribution is 1.10. The maximum absolute atomic E-state index is 5.38. The van der Waals surface area contributed by atoms with Crippen molar-refractivity contribution in [2.24, 2.45) is 0 Å². The van der Waals surface area contributed by atoms with E-state index in [9.17, 15) is 0 Å². The van der Waals surface area contributed by atoms with E-state index in [1.165, 1.54) is 100 Å². The average Bonchev–Trinajstić information content (AvgIpc) is 2.91. The molecular formula is C37H46N2. The Morgan fingerprint density at radius 2 is 0.487 bits per heavy atom. The van der Waals surface area contributed by atoms with Crippen molar-refractivity contribution in [3.8, 4) is 33.9 Å². The lowest BCUT2D eigenvalue weighted by atomic mass is 9.85. The number of aromatic nitrogens is 2. The summed E-state index contributed by atoms with van der Waals surface area (Å²) in [5.74, 6) is 0.827. The first kappa shape index (κ1) is 28.7. The van der Waals surface area contributed by atoms with E-state index in [1.54, 1.807) is 0 Å². The van der Waals surface area contributed by atoms with Gasteiger partial charge in [0.05, 0.1) is 11.4 Å². The summed E-state index contributed by atoms with van der Waals surface area (Å²) in [5.41, 5.74) is 25.6. The molecule has 0 unspecified atom stereocenters. The second-order valence-electron chi connectivity index (χ2n) is 12.0. The molecule has 4 rings (SSSR count). The van der Waals surface area contributed by atoms with Crippen molar-refractivity contribution in [2.45, 2.75) is 104 Å². The van der Waals surface area contributed by atoms with Crippen molar-refractivity contribution < 1.29 is 0 Å². The normalized spacial score (nSPS) is 11.5. The van der Waals surface area contributed by atoms with Crippen molar-refractivity contribution in [2.75, 3.05) is 0 Å². The third-order valence-corrected chi connectivity index (χ3v) is 10.5. The monoisotopic (exact) mass is 518 g/mol. The fraction of sp³-hybridized carbons (Fsp3) is 0.405. The minimum Gasteiger partial charge on any atom is -0.228 e. The third-order valence-electron chi connectivity index (χ3n) is 10.5. The molecule has 0 saturated carbocycles. The van der Waals surface area contributed by atoms with Gasteiger partial charge in [0.1, 0.15) is 0 Å². The fourth-order valence-corrected chi connectivity index (χ4v) is 6.42. The number of nitrogens with zero attached hydrogens (tertiary/aromatic N) is 2. The predicted molar refractivity (Wildman–Crippen MR) is 169 cm³/mol. The zero-order valence-electron chi connectivity index (χ0n) is 27.0. The van der Waals surface area contributed by atoms with Crippen LogP contribution in [-0.2, 0) is 0 Å². The topological polar surface area (TPSA) is 25.8 Å². The van der Waals surface area contributed by atoms with E-state index in [4.69, 9.17) is 9.97 Å². The number of hydrogen-bond acceptors (Lipinski definition) is 2. The molecule has 0 saturated heterocycles. The van der Waals surface area contributed by atoms with Crippen LogP contribution in [0.15, 0.2) is 6.07 Å². The van der Waals surface area contributed by atoms with Crippen LogP contribution in [0.1, 0.15) is 83.5 Å². The molecule has 4 aromatic rings. The first-order valence-corrected chi connectivity index (χ1v) is 14.2. The third kappa shape index (κ3) is 4.33. The highest BCUT2D eigenvalue weighted by molar-refractivity contribution is 5.81. The molecule has 3 aromatic carbocycles. The standard InChI is InChI=1S/C37H46N2/c1-17-20(4)26(10)34(27(11)21(17)5)32-16-33(35-28(12)22(6)18(2)23(7)29(35)13)39-37(38-32)36-30(14)24(8)19(3)25(9)31(36)15/h16H,1-15H3. The van der Waals surface area contributed by atoms with E-state index < -0.39 is 0 Å². The molecule has 1 heterocycles. The fourth-order valence-electron chi connectivity index (χ4n) is 6.42. The molecule has 1 aromatic heterocycles. The van der Waals surface area contributed by atoms with Gasteiger partial charge < -0.3 is 0 Å². The smallest absolute Gasteiger partial charge is 0.160 e. The van der Waals surface area contributed by atoms with Crippen LogP contribution in [0, 0.1) is 104 Å². The van der Waals surface area contributed by atoms with Gasteiger partial charge in [0, 0.05) is 16.7 Å². The summed E-state index contributed by atoms with van der Waals surface area (Å²) in [6, 6.07) is 2.25. The Morgan fingerprint density at radius 1 is 0.282 bits per heavy atom. The van der Waals surface area contributed by atoms with Crippen molar-refractivity contribution in [3.05, 3.63) is 89.5 Å². The lowest BCUT2D eigenvalue weighted by Gasteiger charge is -2.23. The van der Waals surface area contributed by atoms with Gasteiger partial charge in [-0.1, -0.05) is 0 Å². The van der Waals surface area contributed by atoms with Gasteiger partial charge >= 0.3 is 0 Å². The highest BCUT2D eigenvalue weighted by atomic mass is 14.9. The van der Waals surface area contributed by atoms with E-state index in [-0.39, 0.29) is 0 Å². The molecule has 0 bridgehead atoms. The summed E-state index contributed by atoms with van der Waals surface area (Å²) in [6.45, 7) is 33.6. The van der Waals surface area contributed by atoms with E-state index in [2.05, 4.69) is 110 Å². The zero-order valence-corrected chi connectivity index (χ0v) is 27.0. The maximum Gasteiger partial charge on any atom is 0.160 e. The van der Waals surface area contributed by atoms with Crippen molar-refractivity contribution in [1.82, 2.24) is 9.97 Å². The Morgan fingerprint density at radius 3 is 0.744 bits per heavy atom. The average molecular weight is 519 g/mol.